The molecule has 3 rings (SSSR count). The Kier molecular flexibility index (Phi) is 1.16. The number of hydrogen-bond donors (Lipinski definition) is 2. The smallest absolute Gasteiger partial charge is 0.223 e. The Labute approximate surface area is 71.9 Å². The Morgan fingerprint density at radius 3 is 2.83 bits per heavy atom. The van der Waals surface area contributed by atoms with Crippen LogP contribution in [-0.2, 0) is 4.79 Å². The summed E-state index contributed by atoms with van der Waals surface area (Å²) in [6, 6.07) is 0. The molecule has 0 aromatic heterocycles. The molecule has 1 saturated heterocycles. The SMILES string of the molecule is O=C(N[C@@]12CNC[C@H]1C2)C1CC1. The minimum atomic E-state index is 0.194. The van der Waals surface area contributed by atoms with Crippen LogP contribution in [0.3, 0.4) is 0 Å². The van der Waals surface area contributed by atoms with Crippen molar-refractivity contribution in [3.05, 3.63) is 0 Å². The normalized spacial score (nSPS) is 43.8. The van der Waals surface area contributed by atoms with Crippen LogP contribution in [0.1, 0.15) is 19.3 Å². The molecular weight excluding hydrogens is 152 g/mol. The fourth-order valence-corrected chi connectivity index (χ4v) is 2.22. The maximum atomic E-state index is 11.5. The maximum Gasteiger partial charge on any atom is 0.223 e. The van der Waals surface area contributed by atoms with Gasteiger partial charge in [0, 0.05) is 19.0 Å². The zero-order valence-electron chi connectivity index (χ0n) is 7.10. The molecule has 2 saturated carbocycles. The molecule has 12 heavy (non-hydrogen) atoms. The summed E-state index contributed by atoms with van der Waals surface area (Å²) < 4.78 is 0. The van der Waals surface area contributed by atoms with Gasteiger partial charge in [0.2, 0.25) is 5.91 Å². The van der Waals surface area contributed by atoms with Crippen LogP contribution < -0.4 is 10.6 Å². The maximum absolute atomic E-state index is 11.5. The molecule has 1 aliphatic heterocycles. The number of amides is 1. The first-order valence-corrected chi connectivity index (χ1v) is 4.83. The summed E-state index contributed by atoms with van der Waals surface area (Å²) in [6.45, 7) is 2.10. The number of nitrogens with one attached hydrogen (secondary N) is 2. The highest BCUT2D eigenvalue weighted by atomic mass is 16.2. The average molecular weight is 166 g/mol. The molecule has 0 aromatic carbocycles. The van der Waals surface area contributed by atoms with E-state index in [0.29, 0.717) is 11.8 Å². The molecule has 0 radical (unpaired) electrons. The molecular formula is C9H14N2O. The topological polar surface area (TPSA) is 41.1 Å². The second kappa shape index (κ2) is 2.02. The van der Waals surface area contributed by atoms with Gasteiger partial charge in [0.25, 0.3) is 0 Å². The van der Waals surface area contributed by atoms with Gasteiger partial charge in [-0.1, -0.05) is 0 Å². The quantitative estimate of drug-likeness (QED) is 0.600. The molecule has 3 heteroatoms. The van der Waals surface area contributed by atoms with E-state index >= 15 is 0 Å². The fourth-order valence-electron chi connectivity index (χ4n) is 2.22. The number of carbonyl (C=O) groups excluding carboxylic acids is 1. The number of carbonyl (C=O) groups is 1. The van der Waals surface area contributed by atoms with Crippen molar-refractivity contribution >= 4 is 5.91 Å². The van der Waals surface area contributed by atoms with E-state index in [4.69, 9.17) is 0 Å². The van der Waals surface area contributed by atoms with Crippen LogP contribution >= 0.6 is 0 Å². The molecule has 0 spiro atoms. The van der Waals surface area contributed by atoms with Gasteiger partial charge in [0.05, 0.1) is 5.54 Å². The lowest BCUT2D eigenvalue weighted by atomic mass is 10.2. The highest BCUT2D eigenvalue weighted by molar-refractivity contribution is 5.82. The highest BCUT2D eigenvalue weighted by Gasteiger charge is 2.58. The lowest BCUT2D eigenvalue weighted by molar-refractivity contribution is -0.123. The first-order valence-electron chi connectivity index (χ1n) is 4.83. The van der Waals surface area contributed by atoms with Gasteiger partial charge in [0.1, 0.15) is 0 Å². The van der Waals surface area contributed by atoms with E-state index in [1.807, 2.05) is 0 Å². The molecule has 3 fully saturated rings. The van der Waals surface area contributed by atoms with Crippen LogP contribution in [0.15, 0.2) is 0 Å². The molecule has 2 aliphatic carbocycles. The molecule has 1 amide bonds. The average Bonchev–Trinajstić information content (AvgIpc) is 2.92. The zero-order chi connectivity index (χ0) is 8.18. The van der Waals surface area contributed by atoms with E-state index in [0.717, 1.165) is 31.8 Å². The number of hydrogen-bond acceptors (Lipinski definition) is 2. The van der Waals surface area contributed by atoms with Gasteiger partial charge in [-0.3, -0.25) is 4.79 Å². The third-order valence-corrected chi connectivity index (χ3v) is 3.38. The van der Waals surface area contributed by atoms with Gasteiger partial charge in [-0.05, 0) is 25.2 Å². The van der Waals surface area contributed by atoms with Crippen molar-refractivity contribution in [1.29, 1.82) is 0 Å². The third-order valence-electron chi connectivity index (χ3n) is 3.38. The Morgan fingerprint density at radius 1 is 1.50 bits per heavy atom. The highest BCUT2D eigenvalue weighted by Crippen LogP contribution is 2.46. The van der Waals surface area contributed by atoms with Crippen molar-refractivity contribution in [1.82, 2.24) is 10.6 Å². The van der Waals surface area contributed by atoms with Gasteiger partial charge >= 0.3 is 0 Å². The van der Waals surface area contributed by atoms with Gasteiger partial charge < -0.3 is 10.6 Å². The molecule has 2 N–H and O–H groups in total. The van der Waals surface area contributed by atoms with Crippen LogP contribution in [0.5, 0.6) is 0 Å². The summed E-state index contributed by atoms with van der Waals surface area (Å²) in [4.78, 5) is 11.5. The minimum Gasteiger partial charge on any atom is -0.349 e. The standard InChI is InChI=1S/C9H14N2O/c12-8(6-1-2-6)11-9-3-7(9)4-10-5-9/h6-7,10H,1-5H2,(H,11,12)/t7-,9+/m1/s1. The molecule has 2 atom stereocenters. The number of rotatable bonds is 2. The minimum absolute atomic E-state index is 0.194. The van der Waals surface area contributed by atoms with Gasteiger partial charge in [-0.15, -0.1) is 0 Å². The lowest BCUT2D eigenvalue weighted by Gasteiger charge is -2.13. The van der Waals surface area contributed by atoms with Crippen molar-refractivity contribution in [2.24, 2.45) is 11.8 Å². The number of piperidine rings is 1. The van der Waals surface area contributed by atoms with Crippen molar-refractivity contribution in [2.75, 3.05) is 13.1 Å². The Balaban J connectivity index is 1.64. The first kappa shape index (κ1) is 6.89. The molecule has 0 aromatic rings. The third kappa shape index (κ3) is 0.891. The van der Waals surface area contributed by atoms with Crippen LogP contribution in [0, 0.1) is 11.8 Å². The van der Waals surface area contributed by atoms with Crippen molar-refractivity contribution < 1.29 is 4.79 Å². The molecule has 0 bridgehead atoms. The monoisotopic (exact) mass is 166 g/mol. The van der Waals surface area contributed by atoms with Crippen molar-refractivity contribution in [3.8, 4) is 0 Å². The molecule has 66 valence electrons. The molecule has 3 nitrogen and oxygen atoms in total. The van der Waals surface area contributed by atoms with Gasteiger partial charge in [0.15, 0.2) is 0 Å². The van der Waals surface area contributed by atoms with E-state index in [1.54, 1.807) is 0 Å². The zero-order valence-corrected chi connectivity index (χ0v) is 7.10. The summed E-state index contributed by atoms with van der Waals surface area (Å²) in [5, 5.41) is 6.50. The largest absolute Gasteiger partial charge is 0.349 e. The van der Waals surface area contributed by atoms with Gasteiger partial charge in [-0.2, -0.15) is 0 Å². The van der Waals surface area contributed by atoms with E-state index < -0.39 is 0 Å². The molecule has 0 unspecified atom stereocenters. The van der Waals surface area contributed by atoms with Gasteiger partial charge in [-0.25, -0.2) is 0 Å². The predicted octanol–water partition coefficient (Wildman–Crippen LogP) is -0.126. The molecule has 3 aliphatic rings. The summed E-state index contributed by atoms with van der Waals surface area (Å²) in [6.07, 6.45) is 3.43. The number of fused-ring (bicyclic) bond motifs is 1. The fraction of sp³-hybridized carbons (Fsp3) is 0.889. The summed E-state index contributed by atoms with van der Waals surface area (Å²) >= 11 is 0. The van der Waals surface area contributed by atoms with E-state index in [2.05, 4.69) is 10.6 Å². The second-order valence-electron chi connectivity index (χ2n) is 4.45. The van der Waals surface area contributed by atoms with Crippen LogP contribution in [0.25, 0.3) is 0 Å². The van der Waals surface area contributed by atoms with E-state index in [9.17, 15) is 4.79 Å². The molecule has 1 heterocycles. The van der Waals surface area contributed by atoms with Crippen LogP contribution in [-0.4, -0.2) is 24.5 Å². The van der Waals surface area contributed by atoms with Crippen molar-refractivity contribution in [3.63, 3.8) is 0 Å². The first-order chi connectivity index (χ1) is 5.80. The van der Waals surface area contributed by atoms with E-state index in [1.165, 1.54) is 6.42 Å². The van der Waals surface area contributed by atoms with Crippen LogP contribution in [0.4, 0.5) is 0 Å². The second-order valence-corrected chi connectivity index (χ2v) is 4.45. The Hall–Kier alpha value is -0.570. The van der Waals surface area contributed by atoms with Crippen LogP contribution in [0.2, 0.25) is 0 Å². The predicted molar refractivity (Wildman–Crippen MR) is 44.6 cm³/mol. The van der Waals surface area contributed by atoms with Crippen molar-refractivity contribution in [2.45, 2.75) is 24.8 Å². The summed E-state index contributed by atoms with van der Waals surface area (Å²) in [5.74, 6) is 1.41. The Bertz CT molecular complexity index is 237. The summed E-state index contributed by atoms with van der Waals surface area (Å²) in [7, 11) is 0. The Morgan fingerprint density at radius 2 is 2.33 bits per heavy atom. The lowest BCUT2D eigenvalue weighted by Crippen LogP contribution is -2.42. The van der Waals surface area contributed by atoms with E-state index in [-0.39, 0.29) is 5.54 Å². The summed E-state index contributed by atoms with van der Waals surface area (Å²) in [5.41, 5.74) is 0.194.